The number of hydrogen-bond acceptors (Lipinski definition) is 6. The van der Waals surface area contributed by atoms with Crippen LogP contribution in [0.2, 0.25) is 0 Å². The summed E-state index contributed by atoms with van der Waals surface area (Å²) in [7, 11) is 1.28. The third-order valence-corrected chi connectivity index (χ3v) is 4.62. The average Bonchev–Trinajstić information content (AvgIpc) is 2.86. The molecule has 0 saturated carbocycles. The van der Waals surface area contributed by atoms with E-state index in [-0.39, 0.29) is 0 Å². The minimum atomic E-state index is -1.09. The highest BCUT2D eigenvalue weighted by Gasteiger charge is 2.25. The van der Waals surface area contributed by atoms with E-state index in [0.29, 0.717) is 22.4 Å². The van der Waals surface area contributed by atoms with Crippen molar-refractivity contribution in [1.82, 2.24) is 5.32 Å². The average molecular weight is 446 g/mol. The summed E-state index contributed by atoms with van der Waals surface area (Å²) in [6, 6.07) is 22.0. The van der Waals surface area contributed by atoms with Crippen molar-refractivity contribution in [3.05, 3.63) is 102 Å². The van der Waals surface area contributed by atoms with Gasteiger partial charge < -0.3 is 20.1 Å². The zero-order valence-corrected chi connectivity index (χ0v) is 17.8. The molecule has 3 aromatic carbocycles. The summed E-state index contributed by atoms with van der Waals surface area (Å²) in [5.41, 5.74) is 1.66. The smallest absolute Gasteiger partial charge is 0.337 e. The van der Waals surface area contributed by atoms with Gasteiger partial charge in [0, 0.05) is 11.3 Å². The fourth-order valence-corrected chi connectivity index (χ4v) is 2.95. The number of nitrogens with one attached hydrogen (secondary N) is 2. The maximum atomic E-state index is 12.8. The Kier molecular flexibility index (Phi) is 7.91. The van der Waals surface area contributed by atoms with E-state index in [1.165, 1.54) is 31.4 Å². The lowest BCUT2D eigenvalue weighted by Crippen LogP contribution is -2.36. The lowest BCUT2D eigenvalue weighted by molar-refractivity contribution is -0.149. The SMILES string of the molecule is COC(=O)c1ccc(NC(=O)COC(=O)C(NC(=O)c2ccccc2)c2ccccc2)cc1. The standard InChI is InChI=1S/C25H22N2O6/c1-32-24(30)19-12-14-20(15-13-19)26-21(28)16-33-25(31)22(17-8-4-2-5-9-17)27-23(29)18-10-6-3-7-11-18/h2-15,22H,16H2,1H3,(H,26,28)(H,27,29). The van der Waals surface area contributed by atoms with Crippen LogP contribution in [0.1, 0.15) is 32.3 Å². The van der Waals surface area contributed by atoms with E-state index in [1.807, 2.05) is 0 Å². The summed E-state index contributed by atoms with van der Waals surface area (Å²) in [4.78, 5) is 49.0. The highest BCUT2D eigenvalue weighted by atomic mass is 16.5. The zero-order valence-electron chi connectivity index (χ0n) is 17.8. The van der Waals surface area contributed by atoms with Gasteiger partial charge in [0.2, 0.25) is 0 Å². The predicted molar refractivity (Wildman–Crippen MR) is 120 cm³/mol. The molecule has 2 N–H and O–H groups in total. The zero-order chi connectivity index (χ0) is 23.6. The topological polar surface area (TPSA) is 111 Å². The second-order valence-electron chi connectivity index (χ2n) is 6.91. The third kappa shape index (κ3) is 6.51. The highest BCUT2D eigenvalue weighted by molar-refractivity contribution is 5.98. The molecule has 3 aromatic rings. The Balaban J connectivity index is 1.62. The van der Waals surface area contributed by atoms with Gasteiger partial charge in [0.05, 0.1) is 12.7 Å². The van der Waals surface area contributed by atoms with E-state index in [1.54, 1.807) is 60.7 Å². The quantitative estimate of drug-likeness (QED) is 0.515. The third-order valence-electron chi connectivity index (χ3n) is 4.62. The summed E-state index contributed by atoms with van der Waals surface area (Å²) in [6.45, 7) is -0.553. The number of rotatable bonds is 8. The lowest BCUT2D eigenvalue weighted by atomic mass is 10.1. The Labute approximate surface area is 190 Å². The van der Waals surface area contributed by atoms with Gasteiger partial charge in [0.25, 0.3) is 11.8 Å². The molecule has 0 radical (unpaired) electrons. The fourth-order valence-electron chi connectivity index (χ4n) is 2.95. The summed E-state index contributed by atoms with van der Waals surface area (Å²) >= 11 is 0. The number of esters is 2. The predicted octanol–water partition coefficient (Wildman–Crippen LogP) is 3.13. The summed E-state index contributed by atoms with van der Waals surface area (Å²) in [5, 5.41) is 5.23. The largest absolute Gasteiger partial charge is 0.465 e. The summed E-state index contributed by atoms with van der Waals surface area (Å²) in [6.07, 6.45) is 0. The first-order chi connectivity index (χ1) is 16.0. The van der Waals surface area contributed by atoms with Crippen molar-refractivity contribution in [2.45, 2.75) is 6.04 Å². The van der Waals surface area contributed by atoms with Crippen LogP contribution in [0.25, 0.3) is 0 Å². The fraction of sp³-hybridized carbons (Fsp3) is 0.120. The molecule has 8 nitrogen and oxygen atoms in total. The van der Waals surface area contributed by atoms with Crippen LogP contribution in [-0.2, 0) is 19.1 Å². The van der Waals surface area contributed by atoms with E-state index >= 15 is 0 Å². The number of ether oxygens (including phenoxy) is 2. The molecular weight excluding hydrogens is 424 g/mol. The van der Waals surface area contributed by atoms with Gasteiger partial charge >= 0.3 is 11.9 Å². The normalized spacial score (nSPS) is 11.1. The molecule has 0 fully saturated rings. The molecule has 0 aliphatic heterocycles. The van der Waals surface area contributed by atoms with Crippen LogP contribution in [0.15, 0.2) is 84.9 Å². The maximum absolute atomic E-state index is 12.8. The number of benzene rings is 3. The van der Waals surface area contributed by atoms with Crippen LogP contribution < -0.4 is 10.6 Å². The molecule has 0 spiro atoms. The van der Waals surface area contributed by atoms with Crippen LogP contribution in [0.5, 0.6) is 0 Å². The monoisotopic (exact) mass is 446 g/mol. The van der Waals surface area contributed by atoms with Crippen molar-refractivity contribution in [3.8, 4) is 0 Å². The van der Waals surface area contributed by atoms with Crippen molar-refractivity contribution >= 4 is 29.4 Å². The summed E-state index contributed by atoms with van der Waals surface area (Å²) in [5.74, 6) is -2.29. The highest BCUT2D eigenvalue weighted by Crippen LogP contribution is 2.16. The van der Waals surface area contributed by atoms with Crippen LogP contribution in [-0.4, -0.2) is 37.5 Å². The molecule has 0 aliphatic rings. The van der Waals surface area contributed by atoms with E-state index < -0.39 is 36.4 Å². The van der Waals surface area contributed by atoms with Crippen molar-refractivity contribution in [2.24, 2.45) is 0 Å². The van der Waals surface area contributed by atoms with Crippen molar-refractivity contribution in [1.29, 1.82) is 0 Å². The Morgan fingerprint density at radius 3 is 2.00 bits per heavy atom. The Morgan fingerprint density at radius 2 is 1.39 bits per heavy atom. The van der Waals surface area contributed by atoms with E-state index in [2.05, 4.69) is 15.4 Å². The number of carbonyl (C=O) groups excluding carboxylic acids is 4. The van der Waals surface area contributed by atoms with Crippen molar-refractivity contribution in [3.63, 3.8) is 0 Å². The molecule has 3 rings (SSSR count). The first-order valence-electron chi connectivity index (χ1n) is 10.0. The van der Waals surface area contributed by atoms with Crippen molar-refractivity contribution < 1.29 is 28.7 Å². The minimum absolute atomic E-state index is 0.335. The summed E-state index contributed by atoms with van der Waals surface area (Å²) < 4.78 is 9.79. The molecule has 0 saturated heterocycles. The molecule has 1 atom stereocenters. The first kappa shape index (κ1) is 23.2. The van der Waals surface area contributed by atoms with Gasteiger partial charge in [-0.2, -0.15) is 0 Å². The maximum Gasteiger partial charge on any atom is 0.337 e. The number of methoxy groups -OCH3 is 1. The van der Waals surface area contributed by atoms with Gasteiger partial charge in [0.1, 0.15) is 0 Å². The molecule has 1 unspecified atom stereocenters. The number of hydrogen-bond donors (Lipinski definition) is 2. The van der Waals surface area contributed by atoms with Crippen LogP contribution in [0, 0.1) is 0 Å². The second kappa shape index (κ2) is 11.2. The minimum Gasteiger partial charge on any atom is -0.465 e. The van der Waals surface area contributed by atoms with Crippen molar-refractivity contribution in [2.75, 3.05) is 19.0 Å². The van der Waals surface area contributed by atoms with E-state index in [9.17, 15) is 19.2 Å². The molecule has 0 bridgehead atoms. The molecule has 0 aliphatic carbocycles. The van der Waals surface area contributed by atoms with Crippen LogP contribution in [0.3, 0.4) is 0 Å². The molecule has 0 aromatic heterocycles. The van der Waals surface area contributed by atoms with Crippen LogP contribution in [0.4, 0.5) is 5.69 Å². The Morgan fingerprint density at radius 1 is 0.788 bits per heavy atom. The van der Waals surface area contributed by atoms with Gasteiger partial charge in [0.15, 0.2) is 12.6 Å². The van der Waals surface area contributed by atoms with Gasteiger partial charge in [-0.1, -0.05) is 48.5 Å². The number of carbonyl (C=O) groups is 4. The second-order valence-corrected chi connectivity index (χ2v) is 6.91. The van der Waals surface area contributed by atoms with Gasteiger partial charge in [-0.3, -0.25) is 9.59 Å². The van der Waals surface area contributed by atoms with Gasteiger partial charge in [-0.25, -0.2) is 9.59 Å². The lowest BCUT2D eigenvalue weighted by Gasteiger charge is -2.18. The molecule has 8 heteroatoms. The van der Waals surface area contributed by atoms with Crippen LogP contribution >= 0.6 is 0 Å². The number of anilines is 1. The molecule has 33 heavy (non-hydrogen) atoms. The van der Waals surface area contributed by atoms with E-state index in [0.717, 1.165) is 0 Å². The van der Waals surface area contributed by atoms with Gasteiger partial charge in [-0.05, 0) is 42.0 Å². The first-order valence-corrected chi connectivity index (χ1v) is 10.0. The Hall–Kier alpha value is -4.46. The molecular formula is C25H22N2O6. The Bertz CT molecular complexity index is 1110. The molecule has 0 heterocycles. The van der Waals surface area contributed by atoms with Gasteiger partial charge in [-0.15, -0.1) is 0 Å². The van der Waals surface area contributed by atoms with E-state index in [4.69, 9.17) is 4.74 Å². The number of amides is 2. The molecule has 2 amide bonds. The molecule has 168 valence electrons.